The normalized spacial score (nSPS) is 10.6. The smallest absolute Gasteiger partial charge is 0.210 e. The molecule has 1 aromatic heterocycles. The van der Waals surface area contributed by atoms with Crippen molar-refractivity contribution in [2.45, 2.75) is 0 Å². The average Bonchev–Trinajstić information content (AvgIpc) is 2.82. The van der Waals surface area contributed by atoms with Crippen LogP contribution in [0, 0.1) is 0 Å². The summed E-state index contributed by atoms with van der Waals surface area (Å²) in [5, 5.41) is 2.35. The molecule has 3 rings (SSSR count). The van der Waals surface area contributed by atoms with Gasteiger partial charge in [0.25, 0.3) is 0 Å². The summed E-state index contributed by atoms with van der Waals surface area (Å²) in [4.78, 5) is 4.32. The van der Waals surface area contributed by atoms with E-state index in [9.17, 15) is 0 Å². The molecular formula is C15H10Cl2N2OS. The fraction of sp³-hybridized carbons (Fsp3) is 0. The fourth-order valence-electron chi connectivity index (χ4n) is 1.82. The summed E-state index contributed by atoms with van der Waals surface area (Å²) >= 11 is 13.2. The highest BCUT2D eigenvalue weighted by Gasteiger charge is 2.14. The maximum atomic E-state index is 6.02. The highest BCUT2D eigenvalue weighted by molar-refractivity contribution is 7.17. The zero-order chi connectivity index (χ0) is 14.8. The molecule has 0 unspecified atom stereocenters. The van der Waals surface area contributed by atoms with Gasteiger partial charge in [-0.2, -0.15) is 0 Å². The van der Waals surface area contributed by atoms with E-state index in [1.54, 1.807) is 30.3 Å². The van der Waals surface area contributed by atoms with Gasteiger partial charge in [-0.05, 0) is 36.4 Å². The molecule has 0 aliphatic rings. The molecule has 0 bridgehead atoms. The first-order valence-corrected chi connectivity index (χ1v) is 7.65. The summed E-state index contributed by atoms with van der Waals surface area (Å²) in [6.07, 6.45) is 0. The number of anilines is 1. The molecule has 0 aliphatic heterocycles. The van der Waals surface area contributed by atoms with Gasteiger partial charge in [0.1, 0.15) is 11.4 Å². The Balaban J connectivity index is 1.98. The lowest BCUT2D eigenvalue weighted by Crippen LogP contribution is -1.86. The number of hydrogen-bond acceptors (Lipinski definition) is 4. The standard InChI is InChI=1S/C15H10Cl2N2OS/c16-10-4-6-12(7-5-10)20-14-13(19-15(18)21-14)9-2-1-3-11(17)8-9/h1-8H,(H2,18,19). The van der Waals surface area contributed by atoms with Crippen molar-refractivity contribution in [1.29, 1.82) is 0 Å². The number of aromatic nitrogens is 1. The number of nitrogens with zero attached hydrogens (tertiary/aromatic N) is 1. The molecule has 21 heavy (non-hydrogen) atoms. The van der Waals surface area contributed by atoms with Crippen LogP contribution >= 0.6 is 34.5 Å². The summed E-state index contributed by atoms with van der Waals surface area (Å²) in [7, 11) is 0. The van der Waals surface area contributed by atoms with E-state index in [1.165, 1.54) is 11.3 Å². The third-order valence-corrected chi connectivity index (χ3v) is 3.98. The van der Waals surface area contributed by atoms with Crippen LogP contribution in [-0.2, 0) is 0 Å². The van der Waals surface area contributed by atoms with Crippen molar-refractivity contribution in [2.24, 2.45) is 0 Å². The summed E-state index contributed by atoms with van der Waals surface area (Å²) < 4.78 is 5.85. The van der Waals surface area contributed by atoms with Crippen LogP contribution < -0.4 is 10.5 Å². The summed E-state index contributed by atoms with van der Waals surface area (Å²) in [5.41, 5.74) is 7.34. The van der Waals surface area contributed by atoms with Crippen LogP contribution in [0.2, 0.25) is 10.0 Å². The van der Waals surface area contributed by atoms with Gasteiger partial charge in [-0.3, -0.25) is 0 Å². The lowest BCUT2D eigenvalue weighted by atomic mass is 10.2. The average molecular weight is 337 g/mol. The van der Waals surface area contributed by atoms with E-state index in [2.05, 4.69) is 4.98 Å². The zero-order valence-corrected chi connectivity index (χ0v) is 13.0. The van der Waals surface area contributed by atoms with Crippen LogP contribution in [0.1, 0.15) is 0 Å². The molecule has 0 spiro atoms. The van der Waals surface area contributed by atoms with Crippen LogP contribution in [0.25, 0.3) is 11.3 Å². The first kappa shape index (κ1) is 14.2. The number of thiazole rings is 1. The van der Waals surface area contributed by atoms with E-state index >= 15 is 0 Å². The highest BCUT2D eigenvalue weighted by atomic mass is 35.5. The molecule has 2 N–H and O–H groups in total. The second-order valence-corrected chi connectivity index (χ2v) is 6.12. The number of nitrogens with two attached hydrogens (primary N) is 1. The molecule has 6 heteroatoms. The van der Waals surface area contributed by atoms with Crippen molar-refractivity contribution in [2.75, 3.05) is 5.73 Å². The van der Waals surface area contributed by atoms with Gasteiger partial charge in [-0.15, -0.1) is 0 Å². The highest BCUT2D eigenvalue weighted by Crippen LogP contribution is 2.40. The molecule has 3 aromatic rings. The molecular weight excluding hydrogens is 327 g/mol. The number of nitrogen functional groups attached to an aromatic ring is 1. The lowest BCUT2D eigenvalue weighted by molar-refractivity contribution is 0.497. The molecule has 3 nitrogen and oxygen atoms in total. The van der Waals surface area contributed by atoms with E-state index in [1.807, 2.05) is 18.2 Å². The Bertz CT molecular complexity index is 772. The predicted molar refractivity (Wildman–Crippen MR) is 88.5 cm³/mol. The van der Waals surface area contributed by atoms with Crippen LogP contribution in [0.3, 0.4) is 0 Å². The third-order valence-electron chi connectivity index (χ3n) is 2.73. The fourth-order valence-corrected chi connectivity index (χ4v) is 2.86. The van der Waals surface area contributed by atoms with Crippen molar-refractivity contribution < 1.29 is 4.74 Å². The van der Waals surface area contributed by atoms with Crippen LogP contribution in [0.15, 0.2) is 48.5 Å². The van der Waals surface area contributed by atoms with Gasteiger partial charge in [-0.25, -0.2) is 4.98 Å². The molecule has 0 atom stereocenters. The SMILES string of the molecule is Nc1nc(-c2cccc(Cl)c2)c(Oc2ccc(Cl)cc2)s1. The van der Waals surface area contributed by atoms with E-state index in [0.29, 0.717) is 31.7 Å². The van der Waals surface area contributed by atoms with E-state index in [0.717, 1.165) is 5.56 Å². The Labute approximate surface area is 135 Å². The van der Waals surface area contributed by atoms with Crippen LogP contribution in [0.4, 0.5) is 5.13 Å². The molecule has 0 radical (unpaired) electrons. The molecule has 0 aliphatic carbocycles. The quantitative estimate of drug-likeness (QED) is 0.687. The molecule has 0 saturated carbocycles. The summed E-state index contributed by atoms with van der Waals surface area (Å²) in [6.45, 7) is 0. The summed E-state index contributed by atoms with van der Waals surface area (Å²) in [5.74, 6) is 0.673. The maximum absolute atomic E-state index is 6.02. The zero-order valence-electron chi connectivity index (χ0n) is 10.7. The predicted octanol–water partition coefficient (Wildman–Crippen LogP) is 5.49. The largest absolute Gasteiger partial charge is 0.444 e. The van der Waals surface area contributed by atoms with Gasteiger partial charge in [0.05, 0.1) is 0 Å². The monoisotopic (exact) mass is 336 g/mol. The minimum atomic E-state index is 0.439. The minimum Gasteiger partial charge on any atom is -0.444 e. The number of benzene rings is 2. The van der Waals surface area contributed by atoms with Crippen LogP contribution in [-0.4, -0.2) is 4.98 Å². The molecule has 0 fully saturated rings. The third kappa shape index (κ3) is 3.29. The Morgan fingerprint density at radius 1 is 1.00 bits per heavy atom. The van der Waals surface area contributed by atoms with Gasteiger partial charge in [0, 0.05) is 15.6 Å². The second kappa shape index (κ2) is 5.93. The van der Waals surface area contributed by atoms with E-state index in [4.69, 9.17) is 33.7 Å². The van der Waals surface area contributed by atoms with Crippen LogP contribution in [0.5, 0.6) is 10.8 Å². The maximum Gasteiger partial charge on any atom is 0.210 e. The molecule has 0 amide bonds. The van der Waals surface area contributed by atoms with Gasteiger partial charge in [0.15, 0.2) is 5.13 Å². The van der Waals surface area contributed by atoms with Crippen molar-refractivity contribution in [3.63, 3.8) is 0 Å². The number of hydrogen-bond donors (Lipinski definition) is 1. The van der Waals surface area contributed by atoms with Gasteiger partial charge >= 0.3 is 0 Å². The number of rotatable bonds is 3. The Morgan fingerprint density at radius 3 is 2.48 bits per heavy atom. The van der Waals surface area contributed by atoms with E-state index < -0.39 is 0 Å². The summed E-state index contributed by atoms with van der Waals surface area (Å²) in [6, 6.07) is 14.5. The molecule has 2 aromatic carbocycles. The Morgan fingerprint density at radius 2 is 1.76 bits per heavy atom. The van der Waals surface area contributed by atoms with Gasteiger partial charge < -0.3 is 10.5 Å². The number of ether oxygens (including phenoxy) is 1. The molecule has 0 saturated heterocycles. The Kier molecular flexibility index (Phi) is 4.01. The molecule has 106 valence electrons. The first-order chi connectivity index (χ1) is 10.1. The van der Waals surface area contributed by atoms with Crippen molar-refractivity contribution in [3.05, 3.63) is 58.6 Å². The van der Waals surface area contributed by atoms with Gasteiger partial charge in [-0.1, -0.05) is 46.7 Å². The lowest BCUT2D eigenvalue weighted by Gasteiger charge is -2.05. The van der Waals surface area contributed by atoms with E-state index in [-0.39, 0.29) is 0 Å². The topological polar surface area (TPSA) is 48.1 Å². The first-order valence-electron chi connectivity index (χ1n) is 6.07. The Hall–Kier alpha value is -1.75. The minimum absolute atomic E-state index is 0.439. The number of halogens is 2. The van der Waals surface area contributed by atoms with Crippen molar-refractivity contribution in [1.82, 2.24) is 4.98 Å². The van der Waals surface area contributed by atoms with Crippen molar-refractivity contribution in [3.8, 4) is 22.1 Å². The molecule has 1 heterocycles. The van der Waals surface area contributed by atoms with Crippen molar-refractivity contribution >= 4 is 39.7 Å². The van der Waals surface area contributed by atoms with Gasteiger partial charge in [0.2, 0.25) is 5.06 Å². The second-order valence-electron chi connectivity index (χ2n) is 4.25.